The standard InChI is InChI=1S/C20H30N6O2S.HI/c1-16-9-11-25(14-18(16)26-12-10-22-15-26)20(21-2)23-13-17-7-5-6-8-19(17)29(27,28)24(3)4;/h5-8,10,12,15-16,18H,9,11,13-14H2,1-4H3,(H,21,23);1H. The van der Waals surface area contributed by atoms with Gasteiger partial charge in [-0.15, -0.1) is 24.0 Å². The van der Waals surface area contributed by atoms with Crippen LogP contribution in [0.5, 0.6) is 0 Å². The van der Waals surface area contributed by atoms with Crippen molar-refractivity contribution in [2.75, 3.05) is 34.2 Å². The Bertz CT molecular complexity index is 946. The molecule has 0 bridgehead atoms. The van der Waals surface area contributed by atoms with Gasteiger partial charge in [-0.25, -0.2) is 17.7 Å². The normalized spacial score (nSPS) is 20.2. The van der Waals surface area contributed by atoms with E-state index >= 15 is 0 Å². The molecule has 1 saturated heterocycles. The zero-order valence-electron chi connectivity index (χ0n) is 17.9. The van der Waals surface area contributed by atoms with Crippen molar-refractivity contribution in [3.05, 3.63) is 48.5 Å². The topological polar surface area (TPSA) is 82.8 Å². The lowest BCUT2D eigenvalue weighted by atomic mass is 9.93. The van der Waals surface area contributed by atoms with Crippen molar-refractivity contribution in [1.82, 2.24) is 24.1 Å². The fourth-order valence-electron chi connectivity index (χ4n) is 3.70. The molecule has 3 rings (SSSR count). The van der Waals surface area contributed by atoms with Crippen LogP contribution in [0.3, 0.4) is 0 Å². The quantitative estimate of drug-likeness (QED) is 0.354. The number of hydrogen-bond acceptors (Lipinski definition) is 4. The van der Waals surface area contributed by atoms with Gasteiger partial charge in [0.05, 0.1) is 17.3 Å². The third kappa shape index (κ3) is 5.33. The summed E-state index contributed by atoms with van der Waals surface area (Å²) in [5.74, 6) is 1.32. The molecule has 0 spiro atoms. The highest BCUT2D eigenvalue weighted by Crippen LogP contribution is 2.27. The first kappa shape index (κ1) is 24.6. The minimum atomic E-state index is -3.50. The summed E-state index contributed by atoms with van der Waals surface area (Å²) in [6, 6.07) is 7.41. The number of nitrogens with zero attached hydrogens (tertiary/aromatic N) is 5. The molecule has 1 fully saturated rings. The molecule has 10 heteroatoms. The van der Waals surface area contributed by atoms with Gasteiger partial charge in [-0.1, -0.05) is 25.1 Å². The summed E-state index contributed by atoms with van der Waals surface area (Å²) in [5.41, 5.74) is 0.721. The summed E-state index contributed by atoms with van der Waals surface area (Å²) < 4.78 is 28.7. The summed E-state index contributed by atoms with van der Waals surface area (Å²) in [5, 5.41) is 3.36. The van der Waals surface area contributed by atoms with Crippen molar-refractivity contribution in [1.29, 1.82) is 0 Å². The lowest BCUT2D eigenvalue weighted by molar-refractivity contribution is 0.189. The van der Waals surface area contributed by atoms with Crippen molar-refractivity contribution in [2.45, 2.75) is 30.8 Å². The SMILES string of the molecule is CN=C(NCc1ccccc1S(=O)(=O)N(C)C)N1CCC(C)C(n2ccnc2)C1.I. The van der Waals surface area contributed by atoms with Crippen LogP contribution in [0, 0.1) is 5.92 Å². The Morgan fingerprint density at radius 3 is 2.70 bits per heavy atom. The van der Waals surface area contributed by atoms with Gasteiger partial charge in [0, 0.05) is 53.2 Å². The zero-order chi connectivity index (χ0) is 21.0. The van der Waals surface area contributed by atoms with E-state index in [2.05, 4.69) is 31.7 Å². The summed E-state index contributed by atoms with van der Waals surface area (Å²) >= 11 is 0. The Balaban J connectivity index is 0.00000320. The van der Waals surface area contributed by atoms with Gasteiger partial charge >= 0.3 is 0 Å². The summed E-state index contributed by atoms with van der Waals surface area (Å²) in [6.07, 6.45) is 6.72. The van der Waals surface area contributed by atoms with Crippen LogP contribution >= 0.6 is 24.0 Å². The molecule has 1 N–H and O–H groups in total. The highest BCUT2D eigenvalue weighted by atomic mass is 127. The highest BCUT2D eigenvalue weighted by Gasteiger charge is 2.29. The second-order valence-electron chi connectivity index (χ2n) is 7.59. The predicted octanol–water partition coefficient (Wildman–Crippen LogP) is 2.41. The van der Waals surface area contributed by atoms with Crippen LogP contribution in [0.1, 0.15) is 24.9 Å². The number of imidazole rings is 1. The molecule has 0 amide bonds. The average Bonchev–Trinajstić information content (AvgIpc) is 3.24. The molecule has 0 saturated carbocycles. The van der Waals surface area contributed by atoms with Crippen molar-refractivity contribution in [3.8, 4) is 0 Å². The minimum absolute atomic E-state index is 0. The van der Waals surface area contributed by atoms with E-state index in [1.165, 1.54) is 4.31 Å². The fraction of sp³-hybridized carbons (Fsp3) is 0.500. The summed E-state index contributed by atoms with van der Waals surface area (Å²) in [7, 11) is 1.35. The maximum absolute atomic E-state index is 12.6. The van der Waals surface area contributed by atoms with E-state index in [0.29, 0.717) is 23.4 Å². The molecule has 30 heavy (non-hydrogen) atoms. The van der Waals surface area contributed by atoms with E-state index in [1.54, 1.807) is 39.5 Å². The molecule has 0 aliphatic carbocycles. The van der Waals surface area contributed by atoms with E-state index < -0.39 is 10.0 Å². The van der Waals surface area contributed by atoms with Crippen molar-refractivity contribution in [2.24, 2.45) is 10.9 Å². The number of likely N-dealkylation sites (tertiary alicyclic amines) is 1. The number of nitrogens with one attached hydrogen (secondary N) is 1. The molecule has 2 heterocycles. The number of halogens is 1. The first-order valence-electron chi connectivity index (χ1n) is 9.78. The van der Waals surface area contributed by atoms with Crippen LogP contribution in [-0.4, -0.2) is 67.4 Å². The second kappa shape index (κ2) is 10.6. The van der Waals surface area contributed by atoms with Gasteiger partial charge in [0.2, 0.25) is 10.0 Å². The fourth-order valence-corrected chi connectivity index (χ4v) is 4.82. The van der Waals surface area contributed by atoms with Crippen LogP contribution in [0.2, 0.25) is 0 Å². The molecule has 2 aromatic rings. The maximum Gasteiger partial charge on any atom is 0.242 e. The molecule has 1 aromatic carbocycles. The van der Waals surface area contributed by atoms with Gasteiger partial charge in [-0.3, -0.25) is 4.99 Å². The monoisotopic (exact) mass is 546 g/mol. The molecular formula is C20H31IN6O2S. The number of rotatable bonds is 5. The van der Waals surface area contributed by atoms with E-state index in [0.717, 1.165) is 31.0 Å². The van der Waals surface area contributed by atoms with Gasteiger partial charge in [-0.05, 0) is 24.0 Å². The molecular weight excluding hydrogens is 515 g/mol. The zero-order valence-corrected chi connectivity index (χ0v) is 21.0. The second-order valence-corrected chi connectivity index (χ2v) is 9.71. The van der Waals surface area contributed by atoms with E-state index in [4.69, 9.17) is 0 Å². The summed E-state index contributed by atoms with van der Waals surface area (Å²) in [6.45, 7) is 4.39. The van der Waals surface area contributed by atoms with Gasteiger partial charge < -0.3 is 14.8 Å². The smallest absolute Gasteiger partial charge is 0.242 e. The van der Waals surface area contributed by atoms with Crippen LogP contribution in [0.4, 0.5) is 0 Å². The van der Waals surface area contributed by atoms with E-state index in [9.17, 15) is 8.42 Å². The maximum atomic E-state index is 12.6. The molecule has 2 atom stereocenters. The van der Waals surface area contributed by atoms with Crippen molar-refractivity contribution < 1.29 is 8.42 Å². The van der Waals surface area contributed by atoms with E-state index in [1.807, 2.05) is 24.7 Å². The third-order valence-corrected chi connectivity index (χ3v) is 7.42. The van der Waals surface area contributed by atoms with Gasteiger partial charge in [0.25, 0.3) is 0 Å². The Hall–Kier alpha value is -1.66. The largest absolute Gasteiger partial charge is 0.352 e. The number of hydrogen-bond donors (Lipinski definition) is 1. The molecule has 2 unspecified atom stereocenters. The van der Waals surface area contributed by atoms with E-state index in [-0.39, 0.29) is 24.0 Å². The summed E-state index contributed by atoms with van der Waals surface area (Å²) in [4.78, 5) is 11.2. The molecule has 1 aliphatic heterocycles. The average molecular weight is 546 g/mol. The Kier molecular flexibility index (Phi) is 8.68. The molecule has 166 valence electrons. The molecule has 1 aromatic heterocycles. The van der Waals surface area contributed by atoms with Crippen LogP contribution < -0.4 is 5.32 Å². The number of benzene rings is 1. The van der Waals surface area contributed by atoms with Crippen molar-refractivity contribution >= 4 is 40.0 Å². The minimum Gasteiger partial charge on any atom is -0.352 e. The molecule has 1 aliphatic rings. The molecule has 8 nitrogen and oxygen atoms in total. The third-order valence-electron chi connectivity index (χ3n) is 5.51. The Morgan fingerprint density at radius 2 is 2.07 bits per heavy atom. The van der Waals surface area contributed by atoms with Gasteiger partial charge in [0.15, 0.2) is 5.96 Å². The van der Waals surface area contributed by atoms with Gasteiger partial charge in [0.1, 0.15) is 0 Å². The van der Waals surface area contributed by atoms with Crippen LogP contribution in [-0.2, 0) is 16.6 Å². The number of sulfonamides is 1. The number of aromatic nitrogens is 2. The number of piperidine rings is 1. The first-order valence-corrected chi connectivity index (χ1v) is 11.2. The molecule has 0 radical (unpaired) electrons. The van der Waals surface area contributed by atoms with Crippen LogP contribution in [0.25, 0.3) is 0 Å². The lowest BCUT2D eigenvalue weighted by Crippen LogP contribution is -2.48. The Morgan fingerprint density at radius 1 is 1.33 bits per heavy atom. The first-order chi connectivity index (χ1) is 13.8. The number of aliphatic imine (C=N–C) groups is 1. The lowest BCUT2D eigenvalue weighted by Gasteiger charge is -2.39. The predicted molar refractivity (Wildman–Crippen MR) is 130 cm³/mol. The van der Waals surface area contributed by atoms with Gasteiger partial charge in [-0.2, -0.15) is 0 Å². The van der Waals surface area contributed by atoms with Crippen LogP contribution in [0.15, 0.2) is 52.9 Å². The Labute approximate surface area is 196 Å². The van der Waals surface area contributed by atoms with Crippen molar-refractivity contribution in [3.63, 3.8) is 0 Å². The highest BCUT2D eigenvalue weighted by molar-refractivity contribution is 14.0. The number of guanidine groups is 1.